The molecule has 4 N–H and O–H groups in total. The average Bonchev–Trinajstić information content (AvgIpc) is 2.62. The van der Waals surface area contributed by atoms with Gasteiger partial charge in [0.25, 0.3) is 5.91 Å². The summed E-state index contributed by atoms with van der Waals surface area (Å²) in [7, 11) is 1.72. The third kappa shape index (κ3) is 3.46. The Hall–Kier alpha value is -3.48. The normalized spacial score (nSPS) is 10.2. The van der Waals surface area contributed by atoms with Gasteiger partial charge in [0, 0.05) is 42.3 Å². The highest BCUT2D eigenvalue weighted by Crippen LogP contribution is 2.21. The number of hydrogen-bond acceptors (Lipinski definition) is 6. The molecule has 1 amide bonds. The fraction of sp³-hybridized carbons (Fsp3) is 0.0588. The molecule has 2 aromatic heterocycles. The van der Waals surface area contributed by atoms with Gasteiger partial charge in [0.2, 0.25) is 5.95 Å². The number of benzene rings is 1. The zero-order valence-corrected chi connectivity index (χ0v) is 13.0. The highest BCUT2D eigenvalue weighted by Gasteiger charge is 2.10. The van der Waals surface area contributed by atoms with Gasteiger partial charge < -0.3 is 16.4 Å². The molecule has 0 spiro atoms. The molecule has 0 bridgehead atoms. The lowest BCUT2D eigenvalue weighted by molar-refractivity contribution is 0.102. The third-order valence-electron chi connectivity index (χ3n) is 3.32. The minimum absolute atomic E-state index is 0.288. The number of amides is 1. The Morgan fingerprint density at radius 3 is 2.58 bits per heavy atom. The highest BCUT2D eigenvalue weighted by atomic mass is 16.1. The molecule has 2 heterocycles. The van der Waals surface area contributed by atoms with Crippen LogP contribution in [-0.4, -0.2) is 27.9 Å². The lowest BCUT2D eigenvalue weighted by atomic mass is 10.2. The van der Waals surface area contributed by atoms with Gasteiger partial charge in [-0.1, -0.05) is 6.07 Å². The van der Waals surface area contributed by atoms with Gasteiger partial charge in [-0.3, -0.25) is 9.78 Å². The zero-order chi connectivity index (χ0) is 16.9. The van der Waals surface area contributed by atoms with E-state index in [4.69, 9.17) is 5.73 Å². The van der Waals surface area contributed by atoms with Crippen LogP contribution >= 0.6 is 0 Å². The second-order valence-corrected chi connectivity index (χ2v) is 5.03. The summed E-state index contributed by atoms with van der Waals surface area (Å²) >= 11 is 0. The minimum Gasteiger partial charge on any atom is -0.399 e. The van der Waals surface area contributed by atoms with E-state index in [1.807, 2.05) is 12.1 Å². The van der Waals surface area contributed by atoms with Crippen LogP contribution in [0.25, 0.3) is 11.3 Å². The maximum Gasteiger partial charge on any atom is 0.256 e. The molecule has 3 rings (SSSR count). The topological polar surface area (TPSA) is 106 Å². The number of nitrogens with zero attached hydrogens (tertiary/aromatic N) is 3. The van der Waals surface area contributed by atoms with Crippen LogP contribution < -0.4 is 16.4 Å². The summed E-state index contributed by atoms with van der Waals surface area (Å²) in [6, 6.07) is 12.1. The molecular formula is C17H16N6O. The Bertz CT molecular complexity index is 866. The van der Waals surface area contributed by atoms with Crippen molar-refractivity contribution in [3.05, 3.63) is 60.4 Å². The zero-order valence-electron chi connectivity index (χ0n) is 13.0. The quantitative estimate of drug-likeness (QED) is 0.637. The Balaban J connectivity index is 1.92. The van der Waals surface area contributed by atoms with Crippen molar-refractivity contribution in [3.8, 4) is 11.3 Å². The van der Waals surface area contributed by atoms with Crippen LogP contribution in [0.1, 0.15) is 10.4 Å². The molecule has 1 aromatic carbocycles. The van der Waals surface area contributed by atoms with Gasteiger partial charge in [-0.25, -0.2) is 4.98 Å². The van der Waals surface area contributed by atoms with Gasteiger partial charge in [0.1, 0.15) is 5.82 Å². The van der Waals surface area contributed by atoms with E-state index in [0.29, 0.717) is 28.7 Å². The van der Waals surface area contributed by atoms with Gasteiger partial charge in [0.05, 0.1) is 5.69 Å². The molecule has 120 valence electrons. The number of pyridine rings is 1. The number of aromatic nitrogens is 3. The average molecular weight is 320 g/mol. The summed E-state index contributed by atoms with van der Waals surface area (Å²) < 4.78 is 0. The van der Waals surface area contributed by atoms with Crippen LogP contribution in [0.5, 0.6) is 0 Å². The lowest BCUT2D eigenvalue weighted by Crippen LogP contribution is -2.14. The van der Waals surface area contributed by atoms with Crippen molar-refractivity contribution in [2.24, 2.45) is 0 Å². The smallest absolute Gasteiger partial charge is 0.256 e. The van der Waals surface area contributed by atoms with E-state index in [-0.39, 0.29) is 5.91 Å². The summed E-state index contributed by atoms with van der Waals surface area (Å²) in [4.78, 5) is 25.0. The number of anilines is 3. The van der Waals surface area contributed by atoms with Crippen LogP contribution in [0, 0.1) is 0 Å². The molecule has 7 heteroatoms. The number of nitrogens with one attached hydrogen (secondary N) is 2. The SMILES string of the molecule is CNc1nc(NC(=O)c2cccc(N)c2)cc(-c2ccncc2)n1. The highest BCUT2D eigenvalue weighted by molar-refractivity contribution is 6.04. The maximum atomic E-state index is 12.4. The summed E-state index contributed by atoms with van der Waals surface area (Å²) in [5.41, 5.74) is 8.26. The van der Waals surface area contributed by atoms with Crippen LogP contribution in [0.3, 0.4) is 0 Å². The molecular weight excluding hydrogens is 304 g/mol. The number of nitrogen functional groups attached to an aromatic ring is 1. The van der Waals surface area contributed by atoms with Gasteiger partial charge >= 0.3 is 0 Å². The van der Waals surface area contributed by atoms with E-state index in [0.717, 1.165) is 5.56 Å². The molecule has 24 heavy (non-hydrogen) atoms. The molecule has 0 aliphatic carbocycles. The molecule has 0 atom stereocenters. The predicted octanol–water partition coefficient (Wildman–Crippen LogP) is 2.41. The molecule has 7 nitrogen and oxygen atoms in total. The number of rotatable bonds is 4. The van der Waals surface area contributed by atoms with Crippen molar-refractivity contribution >= 4 is 23.4 Å². The molecule has 0 radical (unpaired) electrons. The fourth-order valence-electron chi connectivity index (χ4n) is 2.16. The lowest BCUT2D eigenvalue weighted by Gasteiger charge is -2.09. The fourth-order valence-corrected chi connectivity index (χ4v) is 2.16. The molecule has 0 fully saturated rings. The Labute approximate surface area is 139 Å². The first-order chi connectivity index (χ1) is 11.7. The molecule has 0 saturated carbocycles. The van der Waals surface area contributed by atoms with Crippen molar-refractivity contribution in [2.45, 2.75) is 0 Å². The van der Waals surface area contributed by atoms with Crippen molar-refractivity contribution in [2.75, 3.05) is 23.4 Å². The van der Waals surface area contributed by atoms with Crippen molar-refractivity contribution in [3.63, 3.8) is 0 Å². The van der Waals surface area contributed by atoms with Gasteiger partial charge in [-0.2, -0.15) is 4.98 Å². The predicted molar refractivity (Wildman–Crippen MR) is 93.6 cm³/mol. The largest absolute Gasteiger partial charge is 0.399 e. The molecule has 0 saturated heterocycles. The molecule has 3 aromatic rings. The van der Waals surface area contributed by atoms with Gasteiger partial charge in [-0.15, -0.1) is 0 Å². The van der Waals surface area contributed by atoms with E-state index in [9.17, 15) is 4.79 Å². The first kappa shape index (κ1) is 15.4. The van der Waals surface area contributed by atoms with Crippen LogP contribution in [0.2, 0.25) is 0 Å². The van der Waals surface area contributed by atoms with E-state index in [2.05, 4.69) is 25.6 Å². The third-order valence-corrected chi connectivity index (χ3v) is 3.32. The first-order valence-corrected chi connectivity index (χ1v) is 7.30. The minimum atomic E-state index is -0.288. The number of nitrogens with two attached hydrogens (primary N) is 1. The van der Waals surface area contributed by atoms with Crippen LogP contribution in [-0.2, 0) is 0 Å². The van der Waals surface area contributed by atoms with Crippen LogP contribution in [0.15, 0.2) is 54.9 Å². The summed E-state index contributed by atoms with van der Waals surface area (Å²) in [6.07, 6.45) is 3.36. The van der Waals surface area contributed by atoms with Crippen molar-refractivity contribution in [1.82, 2.24) is 15.0 Å². The van der Waals surface area contributed by atoms with E-state index >= 15 is 0 Å². The summed E-state index contributed by atoms with van der Waals surface area (Å²) in [5, 5.41) is 5.66. The molecule has 0 unspecified atom stereocenters. The number of carbonyl (C=O) groups excluding carboxylic acids is 1. The Morgan fingerprint density at radius 1 is 1.08 bits per heavy atom. The van der Waals surface area contributed by atoms with E-state index < -0.39 is 0 Å². The van der Waals surface area contributed by atoms with E-state index in [1.165, 1.54) is 0 Å². The monoisotopic (exact) mass is 320 g/mol. The van der Waals surface area contributed by atoms with Gasteiger partial charge in [-0.05, 0) is 30.3 Å². The van der Waals surface area contributed by atoms with Crippen LogP contribution in [0.4, 0.5) is 17.5 Å². The second-order valence-electron chi connectivity index (χ2n) is 5.03. The Kier molecular flexibility index (Phi) is 4.33. The molecule has 0 aliphatic heterocycles. The second kappa shape index (κ2) is 6.74. The summed E-state index contributed by atoms with van der Waals surface area (Å²) in [6.45, 7) is 0. The van der Waals surface area contributed by atoms with Gasteiger partial charge in [0.15, 0.2) is 0 Å². The van der Waals surface area contributed by atoms with Crippen molar-refractivity contribution < 1.29 is 4.79 Å². The van der Waals surface area contributed by atoms with Crippen molar-refractivity contribution in [1.29, 1.82) is 0 Å². The summed E-state index contributed by atoms with van der Waals surface area (Å²) in [5.74, 6) is 0.518. The standard InChI is InChI=1S/C17H16N6O/c1-19-17-21-14(11-5-7-20-8-6-11)10-15(23-17)22-16(24)12-3-2-4-13(18)9-12/h2-10H,18H2,1H3,(H2,19,21,22,23,24). The Morgan fingerprint density at radius 2 is 1.88 bits per heavy atom. The van der Waals surface area contributed by atoms with E-state index in [1.54, 1.807) is 49.8 Å². The number of carbonyl (C=O) groups is 1. The number of hydrogen-bond donors (Lipinski definition) is 3. The first-order valence-electron chi connectivity index (χ1n) is 7.30. The maximum absolute atomic E-state index is 12.4. The molecule has 0 aliphatic rings.